The van der Waals surface area contributed by atoms with Gasteiger partial charge < -0.3 is 4.85 Å². The Bertz CT molecular complexity index is 303. The summed E-state index contributed by atoms with van der Waals surface area (Å²) in [4.78, 5) is 3.26. The van der Waals surface area contributed by atoms with Crippen LogP contribution in [0.25, 0.3) is 4.85 Å². The van der Waals surface area contributed by atoms with E-state index in [9.17, 15) is 0 Å². The first-order valence-electron chi connectivity index (χ1n) is 3.01. The second-order valence-corrected chi connectivity index (χ2v) is 3.33. The molecule has 11 heavy (non-hydrogen) atoms. The maximum Gasteiger partial charge on any atom is 0.239 e. The molecule has 0 radical (unpaired) electrons. The number of benzene rings is 1. The summed E-state index contributed by atoms with van der Waals surface area (Å²) in [5.74, 6) is 0. The van der Waals surface area contributed by atoms with Crippen molar-refractivity contribution in [2.75, 3.05) is 0 Å². The second-order valence-electron chi connectivity index (χ2n) is 2.06. The fraction of sp³-hybridized carbons (Fsp3) is 0.125. The Morgan fingerprint density at radius 2 is 2.27 bits per heavy atom. The molecular weight excluding hydrogens is 225 g/mol. The molecule has 56 valence electrons. The van der Waals surface area contributed by atoms with Crippen molar-refractivity contribution in [3.8, 4) is 0 Å². The predicted octanol–water partition coefficient (Wildman–Crippen LogP) is 3.52. The molecule has 0 unspecified atom stereocenters. The van der Waals surface area contributed by atoms with Crippen molar-refractivity contribution in [2.24, 2.45) is 0 Å². The molecule has 1 aromatic carbocycles. The second kappa shape index (κ2) is 3.75. The predicted molar refractivity (Wildman–Crippen MR) is 49.5 cm³/mol. The van der Waals surface area contributed by atoms with E-state index in [4.69, 9.17) is 18.2 Å². The zero-order chi connectivity index (χ0) is 8.27. The van der Waals surface area contributed by atoms with Crippen LogP contribution in [0, 0.1) is 6.57 Å². The highest BCUT2D eigenvalue weighted by Crippen LogP contribution is 2.23. The van der Waals surface area contributed by atoms with Crippen LogP contribution in [0.1, 0.15) is 5.56 Å². The summed E-state index contributed by atoms with van der Waals surface area (Å²) < 4.78 is 0.848. The first kappa shape index (κ1) is 8.58. The van der Waals surface area contributed by atoms with E-state index in [2.05, 4.69) is 20.8 Å². The summed E-state index contributed by atoms with van der Waals surface area (Å²) in [7, 11) is 0. The molecule has 0 saturated carbocycles. The molecule has 0 amide bonds. The number of hydrogen-bond acceptors (Lipinski definition) is 0. The first-order valence-corrected chi connectivity index (χ1v) is 4.18. The molecule has 0 atom stereocenters. The molecule has 0 heterocycles. The standard InChI is InChI=1S/C8H5BrClN/c1-11-5-6-2-3-8(10)7(9)4-6/h2-4H,5H2. The highest BCUT2D eigenvalue weighted by atomic mass is 79.9. The molecule has 0 aliphatic heterocycles. The molecule has 1 rings (SSSR count). The van der Waals surface area contributed by atoms with E-state index in [-0.39, 0.29) is 0 Å². The van der Waals surface area contributed by atoms with Crippen molar-refractivity contribution >= 4 is 27.5 Å². The third-order valence-electron chi connectivity index (χ3n) is 1.25. The number of rotatable bonds is 1. The third kappa shape index (κ3) is 2.21. The van der Waals surface area contributed by atoms with Crippen LogP contribution < -0.4 is 0 Å². The molecule has 0 aliphatic rings. The zero-order valence-electron chi connectivity index (χ0n) is 5.64. The zero-order valence-corrected chi connectivity index (χ0v) is 7.98. The van der Waals surface area contributed by atoms with Crippen LogP contribution in [-0.2, 0) is 6.54 Å². The van der Waals surface area contributed by atoms with Gasteiger partial charge in [0.1, 0.15) is 0 Å². The highest BCUT2D eigenvalue weighted by molar-refractivity contribution is 9.10. The highest BCUT2D eigenvalue weighted by Gasteiger charge is 1.99. The summed E-state index contributed by atoms with van der Waals surface area (Å²) in [6.45, 7) is 7.05. The van der Waals surface area contributed by atoms with Gasteiger partial charge in [0.05, 0.1) is 5.02 Å². The Morgan fingerprint density at radius 1 is 1.55 bits per heavy atom. The van der Waals surface area contributed by atoms with Gasteiger partial charge in [-0.05, 0) is 28.1 Å². The summed E-state index contributed by atoms with van der Waals surface area (Å²) >= 11 is 9.04. The fourth-order valence-corrected chi connectivity index (χ4v) is 1.27. The number of halogens is 2. The molecule has 0 aliphatic carbocycles. The number of hydrogen-bond donors (Lipinski definition) is 0. The Hall–Kier alpha value is -0.520. The van der Waals surface area contributed by atoms with Gasteiger partial charge in [-0.3, -0.25) is 0 Å². The van der Waals surface area contributed by atoms with Crippen molar-refractivity contribution in [1.82, 2.24) is 0 Å². The lowest BCUT2D eigenvalue weighted by molar-refractivity contribution is 1.26. The quantitative estimate of drug-likeness (QED) is 0.650. The molecule has 1 aromatic rings. The molecule has 0 aromatic heterocycles. The normalized spacial score (nSPS) is 9.18. The van der Waals surface area contributed by atoms with Gasteiger partial charge in [0.15, 0.2) is 0 Å². The van der Waals surface area contributed by atoms with Crippen molar-refractivity contribution in [2.45, 2.75) is 6.54 Å². The molecule has 3 heteroatoms. The molecular formula is C8H5BrClN. The summed E-state index contributed by atoms with van der Waals surface area (Å²) in [5.41, 5.74) is 0.983. The van der Waals surface area contributed by atoms with Gasteiger partial charge in [-0.15, -0.1) is 0 Å². The Balaban J connectivity index is 2.98. The molecule has 0 saturated heterocycles. The van der Waals surface area contributed by atoms with E-state index < -0.39 is 0 Å². The maximum absolute atomic E-state index is 6.64. The van der Waals surface area contributed by atoms with E-state index in [0.717, 1.165) is 10.0 Å². The molecule has 1 nitrogen and oxygen atoms in total. The average Bonchev–Trinajstić information content (AvgIpc) is 1.98. The van der Waals surface area contributed by atoms with Crippen LogP contribution in [0.3, 0.4) is 0 Å². The Labute approximate surface area is 78.9 Å². The first-order chi connectivity index (χ1) is 5.24. The van der Waals surface area contributed by atoms with E-state index >= 15 is 0 Å². The average molecular weight is 230 g/mol. The summed E-state index contributed by atoms with van der Waals surface area (Å²) in [6, 6.07) is 5.50. The van der Waals surface area contributed by atoms with Crippen molar-refractivity contribution in [1.29, 1.82) is 0 Å². The lowest BCUT2D eigenvalue weighted by Crippen LogP contribution is -1.78. The van der Waals surface area contributed by atoms with Gasteiger partial charge in [0.2, 0.25) is 6.54 Å². The van der Waals surface area contributed by atoms with E-state index in [1.165, 1.54) is 0 Å². The van der Waals surface area contributed by atoms with E-state index in [0.29, 0.717) is 11.6 Å². The smallest absolute Gasteiger partial charge is 0.239 e. The monoisotopic (exact) mass is 229 g/mol. The van der Waals surface area contributed by atoms with Crippen molar-refractivity contribution in [3.63, 3.8) is 0 Å². The van der Waals surface area contributed by atoms with Gasteiger partial charge >= 0.3 is 0 Å². The summed E-state index contributed by atoms with van der Waals surface area (Å²) in [6.07, 6.45) is 0. The van der Waals surface area contributed by atoms with E-state index in [1.54, 1.807) is 6.07 Å². The van der Waals surface area contributed by atoms with Crippen molar-refractivity contribution in [3.05, 3.63) is 44.7 Å². The summed E-state index contributed by atoms with van der Waals surface area (Å²) in [5, 5.41) is 0.679. The third-order valence-corrected chi connectivity index (χ3v) is 2.46. The number of nitrogens with zero attached hydrogens (tertiary/aromatic N) is 1. The molecule has 0 N–H and O–H groups in total. The SMILES string of the molecule is [C-]#[N+]Cc1ccc(Cl)c(Br)c1. The van der Waals surface area contributed by atoms with Gasteiger partial charge in [-0.1, -0.05) is 17.7 Å². The lowest BCUT2D eigenvalue weighted by Gasteiger charge is -1.95. The van der Waals surface area contributed by atoms with Gasteiger partial charge in [-0.2, -0.15) is 0 Å². The molecule has 0 spiro atoms. The van der Waals surface area contributed by atoms with E-state index in [1.807, 2.05) is 12.1 Å². The van der Waals surface area contributed by atoms with Crippen LogP contribution in [0.5, 0.6) is 0 Å². The Kier molecular flexibility index (Phi) is 2.92. The fourth-order valence-electron chi connectivity index (χ4n) is 0.729. The van der Waals surface area contributed by atoms with Gasteiger partial charge in [0.25, 0.3) is 0 Å². The van der Waals surface area contributed by atoms with Crippen LogP contribution >= 0.6 is 27.5 Å². The maximum atomic E-state index is 6.64. The minimum Gasteiger partial charge on any atom is -0.312 e. The van der Waals surface area contributed by atoms with Crippen LogP contribution in [-0.4, -0.2) is 0 Å². The van der Waals surface area contributed by atoms with Crippen LogP contribution in [0.4, 0.5) is 0 Å². The molecule has 0 fully saturated rings. The van der Waals surface area contributed by atoms with Crippen LogP contribution in [0.15, 0.2) is 22.7 Å². The minimum atomic E-state index is 0.412. The van der Waals surface area contributed by atoms with Gasteiger partial charge in [0, 0.05) is 10.0 Å². The largest absolute Gasteiger partial charge is 0.312 e. The van der Waals surface area contributed by atoms with Crippen LogP contribution in [0.2, 0.25) is 5.02 Å². The van der Waals surface area contributed by atoms with Crippen molar-refractivity contribution < 1.29 is 0 Å². The van der Waals surface area contributed by atoms with Gasteiger partial charge in [-0.25, -0.2) is 6.57 Å². The Morgan fingerprint density at radius 3 is 2.82 bits per heavy atom. The minimum absolute atomic E-state index is 0.412. The topological polar surface area (TPSA) is 4.36 Å². The lowest BCUT2D eigenvalue weighted by atomic mass is 10.2. The molecule has 0 bridgehead atoms.